The van der Waals surface area contributed by atoms with Crippen molar-refractivity contribution in [1.82, 2.24) is 5.32 Å². The molecule has 0 saturated carbocycles. The number of carbonyl (C=O) groups is 1. The molecule has 2 amide bonds. The molecule has 0 bridgehead atoms. The van der Waals surface area contributed by atoms with Crippen LogP contribution in [0.1, 0.15) is 13.8 Å². The van der Waals surface area contributed by atoms with Crippen molar-refractivity contribution in [2.75, 3.05) is 18.5 Å². The Hall–Kier alpha value is -1.66. The van der Waals surface area contributed by atoms with Crippen LogP contribution < -0.4 is 10.6 Å². The van der Waals surface area contributed by atoms with Crippen molar-refractivity contribution in [2.45, 2.75) is 25.7 Å². The highest BCUT2D eigenvalue weighted by Gasteiger charge is 2.32. The fourth-order valence-electron chi connectivity index (χ4n) is 1.80. The van der Waals surface area contributed by atoms with Crippen molar-refractivity contribution < 1.29 is 18.7 Å². The van der Waals surface area contributed by atoms with Crippen LogP contribution in [0.3, 0.4) is 0 Å². The lowest BCUT2D eigenvalue weighted by Crippen LogP contribution is -2.37. The van der Waals surface area contributed by atoms with Crippen LogP contribution in [-0.2, 0) is 9.47 Å². The van der Waals surface area contributed by atoms with Gasteiger partial charge in [-0.3, -0.25) is 0 Å². The highest BCUT2D eigenvalue weighted by atomic mass is 19.1. The third-order valence-electron chi connectivity index (χ3n) is 2.68. The highest BCUT2D eigenvalue weighted by molar-refractivity contribution is 5.89. The van der Waals surface area contributed by atoms with Crippen LogP contribution in [0.25, 0.3) is 0 Å². The fourth-order valence-corrected chi connectivity index (χ4v) is 1.80. The molecule has 1 aliphatic rings. The van der Waals surface area contributed by atoms with Gasteiger partial charge in [-0.1, -0.05) is 12.1 Å². The molecule has 1 aromatic carbocycles. The van der Waals surface area contributed by atoms with E-state index in [2.05, 4.69) is 10.6 Å². The Kier molecular flexibility index (Phi) is 4.01. The van der Waals surface area contributed by atoms with Crippen molar-refractivity contribution in [3.05, 3.63) is 30.1 Å². The molecule has 1 heterocycles. The molecule has 104 valence electrons. The van der Waals surface area contributed by atoms with E-state index >= 15 is 0 Å². The molecule has 1 saturated heterocycles. The second kappa shape index (κ2) is 5.54. The number of halogens is 1. The maximum absolute atomic E-state index is 13.3. The van der Waals surface area contributed by atoms with Gasteiger partial charge in [0.2, 0.25) is 0 Å². The summed E-state index contributed by atoms with van der Waals surface area (Å²) >= 11 is 0. The van der Waals surface area contributed by atoms with Gasteiger partial charge in [0.25, 0.3) is 0 Å². The smallest absolute Gasteiger partial charge is 0.319 e. The van der Waals surface area contributed by atoms with Crippen LogP contribution >= 0.6 is 0 Å². The van der Waals surface area contributed by atoms with Gasteiger partial charge >= 0.3 is 6.03 Å². The monoisotopic (exact) mass is 268 g/mol. The zero-order chi connectivity index (χ0) is 13.9. The Morgan fingerprint density at radius 1 is 1.47 bits per heavy atom. The van der Waals surface area contributed by atoms with Crippen LogP contribution in [0.2, 0.25) is 0 Å². The number of rotatable bonds is 3. The highest BCUT2D eigenvalue weighted by Crippen LogP contribution is 2.21. The average Bonchev–Trinajstić information content (AvgIpc) is 2.69. The van der Waals surface area contributed by atoms with E-state index in [1.54, 1.807) is 12.1 Å². The maximum Gasteiger partial charge on any atom is 0.319 e. The van der Waals surface area contributed by atoms with Crippen LogP contribution in [0.4, 0.5) is 14.9 Å². The zero-order valence-corrected chi connectivity index (χ0v) is 10.9. The number of anilines is 1. The molecular formula is C13H17FN2O3. The molecule has 1 aromatic rings. The van der Waals surface area contributed by atoms with E-state index in [4.69, 9.17) is 9.47 Å². The van der Waals surface area contributed by atoms with Gasteiger partial charge in [0.15, 0.2) is 5.79 Å². The van der Waals surface area contributed by atoms with Gasteiger partial charge < -0.3 is 20.1 Å². The van der Waals surface area contributed by atoms with Gasteiger partial charge in [0.05, 0.1) is 12.3 Å². The predicted molar refractivity (Wildman–Crippen MR) is 68.3 cm³/mol. The van der Waals surface area contributed by atoms with Gasteiger partial charge in [-0.25, -0.2) is 9.18 Å². The summed E-state index contributed by atoms with van der Waals surface area (Å²) in [5, 5.41) is 5.05. The molecule has 0 radical (unpaired) electrons. The summed E-state index contributed by atoms with van der Waals surface area (Å²) in [6.45, 7) is 4.36. The number of para-hydroxylation sites is 1. The minimum atomic E-state index is -0.617. The van der Waals surface area contributed by atoms with Gasteiger partial charge in [0, 0.05) is 6.54 Å². The molecule has 2 N–H and O–H groups in total. The first kappa shape index (κ1) is 13.8. The zero-order valence-electron chi connectivity index (χ0n) is 10.9. The molecule has 0 aliphatic carbocycles. The standard InChI is InChI=1S/C13H17FN2O3/c1-13(2)18-8-9(19-13)7-15-12(17)16-11-6-4-3-5-10(11)14/h3-6,9H,7-8H2,1-2H3,(H2,15,16,17). The van der Waals surface area contributed by atoms with Crippen molar-refractivity contribution >= 4 is 11.7 Å². The minimum absolute atomic E-state index is 0.143. The molecular weight excluding hydrogens is 251 g/mol. The summed E-state index contributed by atoms with van der Waals surface area (Å²) in [6, 6.07) is 5.51. The molecule has 0 spiro atoms. The van der Waals surface area contributed by atoms with Crippen LogP contribution in [0, 0.1) is 5.82 Å². The number of benzene rings is 1. The van der Waals surface area contributed by atoms with E-state index < -0.39 is 17.6 Å². The average molecular weight is 268 g/mol. The Labute approximate surface area is 111 Å². The van der Waals surface area contributed by atoms with E-state index in [9.17, 15) is 9.18 Å². The number of nitrogens with one attached hydrogen (secondary N) is 2. The van der Waals surface area contributed by atoms with E-state index in [-0.39, 0.29) is 11.8 Å². The fraction of sp³-hybridized carbons (Fsp3) is 0.462. The van der Waals surface area contributed by atoms with Gasteiger partial charge in [-0.15, -0.1) is 0 Å². The number of ether oxygens (including phenoxy) is 2. The number of amides is 2. The number of urea groups is 1. The second-order valence-electron chi connectivity index (χ2n) is 4.77. The quantitative estimate of drug-likeness (QED) is 0.882. The molecule has 0 aromatic heterocycles. The Morgan fingerprint density at radius 2 is 2.21 bits per heavy atom. The van der Waals surface area contributed by atoms with Crippen molar-refractivity contribution in [2.24, 2.45) is 0 Å². The number of carbonyl (C=O) groups excluding carboxylic acids is 1. The molecule has 1 unspecified atom stereocenters. The van der Waals surface area contributed by atoms with Crippen molar-refractivity contribution in [1.29, 1.82) is 0 Å². The Balaban J connectivity index is 1.78. The molecule has 6 heteroatoms. The summed E-state index contributed by atoms with van der Waals surface area (Å²) in [6.07, 6.45) is -0.193. The topological polar surface area (TPSA) is 59.6 Å². The number of hydrogen-bond acceptors (Lipinski definition) is 3. The molecule has 5 nitrogen and oxygen atoms in total. The first-order valence-corrected chi connectivity index (χ1v) is 6.07. The van der Waals surface area contributed by atoms with Gasteiger partial charge in [-0.05, 0) is 26.0 Å². The first-order valence-electron chi connectivity index (χ1n) is 6.07. The van der Waals surface area contributed by atoms with Crippen LogP contribution in [0.15, 0.2) is 24.3 Å². The molecule has 1 atom stereocenters. The Bertz CT molecular complexity index is 465. The third kappa shape index (κ3) is 3.90. The normalized spacial score (nSPS) is 21.1. The van der Waals surface area contributed by atoms with Gasteiger partial charge in [0.1, 0.15) is 11.9 Å². The van der Waals surface area contributed by atoms with Crippen molar-refractivity contribution in [3.63, 3.8) is 0 Å². The first-order chi connectivity index (χ1) is 8.96. The predicted octanol–water partition coefficient (Wildman–Crippen LogP) is 2.10. The summed E-state index contributed by atoms with van der Waals surface area (Å²) in [7, 11) is 0. The maximum atomic E-state index is 13.3. The van der Waals surface area contributed by atoms with E-state index in [1.165, 1.54) is 12.1 Å². The minimum Gasteiger partial charge on any atom is -0.348 e. The second-order valence-corrected chi connectivity index (χ2v) is 4.77. The van der Waals surface area contributed by atoms with Crippen LogP contribution in [0.5, 0.6) is 0 Å². The summed E-state index contributed by atoms with van der Waals surface area (Å²) < 4.78 is 24.2. The van der Waals surface area contributed by atoms with Crippen LogP contribution in [-0.4, -0.2) is 31.1 Å². The van der Waals surface area contributed by atoms with E-state index in [0.29, 0.717) is 13.2 Å². The van der Waals surface area contributed by atoms with E-state index in [1.807, 2.05) is 13.8 Å². The third-order valence-corrected chi connectivity index (χ3v) is 2.68. The van der Waals surface area contributed by atoms with Crippen molar-refractivity contribution in [3.8, 4) is 0 Å². The lowest BCUT2D eigenvalue weighted by Gasteiger charge is -2.17. The Morgan fingerprint density at radius 3 is 2.84 bits per heavy atom. The number of hydrogen-bond donors (Lipinski definition) is 2. The lowest BCUT2D eigenvalue weighted by atomic mass is 10.3. The SMILES string of the molecule is CC1(C)OCC(CNC(=O)Nc2ccccc2F)O1. The van der Waals surface area contributed by atoms with Gasteiger partial charge in [-0.2, -0.15) is 0 Å². The summed E-state index contributed by atoms with van der Waals surface area (Å²) in [5.74, 6) is -1.09. The summed E-state index contributed by atoms with van der Waals surface area (Å²) in [5.41, 5.74) is 0.143. The molecule has 2 rings (SSSR count). The largest absolute Gasteiger partial charge is 0.348 e. The molecule has 1 aliphatic heterocycles. The molecule has 1 fully saturated rings. The molecule has 19 heavy (non-hydrogen) atoms. The van der Waals surface area contributed by atoms with E-state index in [0.717, 1.165) is 0 Å². The summed E-state index contributed by atoms with van der Waals surface area (Å²) in [4.78, 5) is 11.6. The lowest BCUT2D eigenvalue weighted by molar-refractivity contribution is -0.137.